The zero-order chi connectivity index (χ0) is 13.7. The number of nitrogens with one attached hydrogen (secondary N) is 1. The van der Waals surface area contributed by atoms with Gasteiger partial charge in [-0.15, -0.1) is 24.0 Å². The zero-order valence-corrected chi connectivity index (χ0v) is 13.3. The number of hydrogen-bond acceptors (Lipinski definition) is 3. The van der Waals surface area contributed by atoms with Crippen molar-refractivity contribution in [2.75, 3.05) is 0 Å². The molecule has 0 radical (unpaired) electrons. The van der Waals surface area contributed by atoms with Gasteiger partial charge < -0.3 is 11.1 Å². The number of nitrogens with two attached hydrogens (primary N) is 1. The maximum atomic E-state index is 12.5. The van der Waals surface area contributed by atoms with E-state index in [-0.39, 0.29) is 42.0 Å². The van der Waals surface area contributed by atoms with E-state index >= 15 is 0 Å². The molecule has 1 aromatic heterocycles. The van der Waals surface area contributed by atoms with E-state index < -0.39 is 6.43 Å². The first-order valence-electron chi connectivity index (χ1n) is 6.31. The number of alkyl halides is 2. The summed E-state index contributed by atoms with van der Waals surface area (Å²) < 4.78 is 24.9. The molecule has 1 aromatic rings. The van der Waals surface area contributed by atoms with Gasteiger partial charge in [-0.05, 0) is 18.9 Å². The van der Waals surface area contributed by atoms with Crippen LogP contribution in [0.3, 0.4) is 0 Å². The molecule has 2 rings (SSSR count). The minimum absolute atomic E-state index is 0. The summed E-state index contributed by atoms with van der Waals surface area (Å²) in [6.07, 6.45) is 3.29. The molecule has 1 fully saturated rings. The Balaban J connectivity index is 0.00000200. The predicted octanol–water partition coefficient (Wildman–Crippen LogP) is 2.38. The molecule has 1 saturated carbocycles. The van der Waals surface area contributed by atoms with Crippen LogP contribution in [0.5, 0.6) is 0 Å². The molecular formula is C12H18F2IN5. The molecule has 8 heteroatoms. The number of nitrogens with zero attached hydrogens (tertiary/aromatic N) is 3. The average Bonchev–Trinajstić information content (AvgIpc) is 2.89. The minimum atomic E-state index is -2.60. The smallest absolute Gasteiger partial charge is 0.280 e. The third-order valence-electron chi connectivity index (χ3n) is 3.05. The van der Waals surface area contributed by atoms with Crippen LogP contribution in [-0.4, -0.2) is 22.0 Å². The predicted molar refractivity (Wildman–Crippen MR) is 83.1 cm³/mol. The molecule has 1 heterocycles. The molecule has 112 valence electrons. The summed E-state index contributed by atoms with van der Waals surface area (Å²) in [6.45, 7) is 0.103. The van der Waals surface area contributed by atoms with Crippen molar-refractivity contribution in [3.8, 4) is 0 Å². The average molecular weight is 397 g/mol. The Morgan fingerprint density at radius 2 is 2.15 bits per heavy atom. The standard InChI is InChI=1S/C12H17F2N5.HI/c13-11(14)9-5-6-16-10(19-9)7-17-12(15)18-8-3-1-2-4-8;/h5-6,8,11H,1-4,7H2,(H3,15,17,18);1H. The third kappa shape index (κ3) is 5.14. The summed E-state index contributed by atoms with van der Waals surface area (Å²) in [5.74, 6) is 0.562. The fraction of sp³-hybridized carbons (Fsp3) is 0.583. The van der Waals surface area contributed by atoms with Crippen molar-refractivity contribution < 1.29 is 8.78 Å². The van der Waals surface area contributed by atoms with Crippen molar-refractivity contribution in [1.29, 1.82) is 0 Å². The summed E-state index contributed by atoms with van der Waals surface area (Å²) in [7, 11) is 0. The lowest BCUT2D eigenvalue weighted by Crippen LogP contribution is -2.38. The molecule has 0 aliphatic heterocycles. The summed E-state index contributed by atoms with van der Waals surface area (Å²) in [5.41, 5.74) is 5.45. The van der Waals surface area contributed by atoms with Crippen LogP contribution in [0.1, 0.15) is 43.6 Å². The highest BCUT2D eigenvalue weighted by molar-refractivity contribution is 14.0. The van der Waals surface area contributed by atoms with Gasteiger partial charge in [-0.2, -0.15) is 0 Å². The van der Waals surface area contributed by atoms with Crippen molar-refractivity contribution in [1.82, 2.24) is 15.3 Å². The molecule has 1 aliphatic carbocycles. The van der Waals surface area contributed by atoms with E-state index in [2.05, 4.69) is 20.3 Å². The minimum Gasteiger partial charge on any atom is -0.370 e. The largest absolute Gasteiger partial charge is 0.370 e. The van der Waals surface area contributed by atoms with Crippen molar-refractivity contribution in [2.45, 2.75) is 44.7 Å². The Morgan fingerprint density at radius 3 is 2.80 bits per heavy atom. The lowest BCUT2D eigenvalue weighted by atomic mass is 10.2. The number of guanidine groups is 1. The molecule has 5 nitrogen and oxygen atoms in total. The monoisotopic (exact) mass is 397 g/mol. The highest BCUT2D eigenvalue weighted by Gasteiger charge is 2.15. The van der Waals surface area contributed by atoms with Gasteiger partial charge in [0.1, 0.15) is 18.1 Å². The molecule has 0 spiro atoms. The molecule has 3 N–H and O–H groups in total. The second-order valence-electron chi connectivity index (χ2n) is 4.53. The van der Waals surface area contributed by atoms with Crippen molar-refractivity contribution in [3.05, 3.63) is 23.8 Å². The SMILES string of the molecule is I.NC(=NCc1nccc(C(F)F)n1)NC1CCCC1. The van der Waals surface area contributed by atoms with Crippen molar-refractivity contribution >= 4 is 29.9 Å². The van der Waals surface area contributed by atoms with E-state index in [1.807, 2.05) is 0 Å². The fourth-order valence-corrected chi connectivity index (χ4v) is 2.09. The van der Waals surface area contributed by atoms with E-state index in [1.54, 1.807) is 0 Å². The second-order valence-corrected chi connectivity index (χ2v) is 4.53. The van der Waals surface area contributed by atoms with Gasteiger partial charge >= 0.3 is 0 Å². The van der Waals surface area contributed by atoms with E-state index in [0.717, 1.165) is 12.8 Å². The first-order valence-corrected chi connectivity index (χ1v) is 6.31. The number of halogens is 3. The zero-order valence-electron chi connectivity index (χ0n) is 10.9. The van der Waals surface area contributed by atoms with Crippen LogP contribution >= 0.6 is 24.0 Å². The Bertz CT molecular complexity index is 449. The van der Waals surface area contributed by atoms with E-state index in [9.17, 15) is 8.78 Å². The van der Waals surface area contributed by atoms with Crippen LogP contribution in [0.15, 0.2) is 17.3 Å². The van der Waals surface area contributed by atoms with E-state index in [4.69, 9.17) is 5.73 Å². The van der Waals surface area contributed by atoms with Crippen LogP contribution < -0.4 is 11.1 Å². The molecule has 0 unspecified atom stereocenters. The van der Waals surface area contributed by atoms with E-state index in [1.165, 1.54) is 25.1 Å². The molecular weight excluding hydrogens is 379 g/mol. The van der Waals surface area contributed by atoms with Gasteiger partial charge in [0.05, 0.1) is 0 Å². The van der Waals surface area contributed by atoms with Gasteiger partial charge in [0.2, 0.25) is 0 Å². The molecule has 20 heavy (non-hydrogen) atoms. The Hall–Kier alpha value is -1.06. The lowest BCUT2D eigenvalue weighted by Gasteiger charge is -2.11. The van der Waals surface area contributed by atoms with Crippen molar-refractivity contribution in [2.24, 2.45) is 10.7 Å². The lowest BCUT2D eigenvalue weighted by molar-refractivity contribution is 0.145. The second kappa shape index (κ2) is 8.28. The normalized spacial score (nSPS) is 16.2. The van der Waals surface area contributed by atoms with Crippen LogP contribution in [-0.2, 0) is 6.54 Å². The summed E-state index contributed by atoms with van der Waals surface area (Å²) in [4.78, 5) is 11.7. The molecule has 1 aliphatic rings. The Morgan fingerprint density at radius 1 is 1.45 bits per heavy atom. The van der Waals surface area contributed by atoms with Gasteiger partial charge in [0.25, 0.3) is 6.43 Å². The number of aliphatic imine (C=N–C) groups is 1. The summed E-state index contributed by atoms with van der Waals surface area (Å²) >= 11 is 0. The van der Waals surface area contributed by atoms with Crippen LogP contribution in [0.4, 0.5) is 8.78 Å². The Labute approximate surface area is 133 Å². The van der Waals surface area contributed by atoms with Crippen LogP contribution in [0.2, 0.25) is 0 Å². The van der Waals surface area contributed by atoms with Crippen molar-refractivity contribution in [3.63, 3.8) is 0 Å². The number of aromatic nitrogens is 2. The summed E-state index contributed by atoms with van der Waals surface area (Å²) in [6, 6.07) is 1.56. The third-order valence-corrected chi connectivity index (χ3v) is 3.05. The highest BCUT2D eigenvalue weighted by Crippen LogP contribution is 2.17. The van der Waals surface area contributed by atoms with Gasteiger partial charge in [-0.1, -0.05) is 12.8 Å². The number of rotatable bonds is 4. The van der Waals surface area contributed by atoms with Crippen LogP contribution in [0, 0.1) is 0 Å². The topological polar surface area (TPSA) is 76.2 Å². The Kier molecular flexibility index (Phi) is 7.03. The first kappa shape index (κ1) is 17.0. The van der Waals surface area contributed by atoms with Gasteiger partial charge in [0.15, 0.2) is 5.96 Å². The molecule has 0 aromatic carbocycles. The van der Waals surface area contributed by atoms with Crippen LogP contribution in [0.25, 0.3) is 0 Å². The summed E-state index contributed by atoms with van der Waals surface area (Å²) in [5, 5.41) is 3.11. The van der Waals surface area contributed by atoms with Gasteiger partial charge in [0, 0.05) is 12.2 Å². The quantitative estimate of drug-likeness (QED) is 0.465. The molecule has 0 saturated heterocycles. The fourth-order valence-electron chi connectivity index (χ4n) is 2.09. The maximum Gasteiger partial charge on any atom is 0.280 e. The molecule has 0 atom stereocenters. The maximum absolute atomic E-state index is 12.5. The first-order chi connectivity index (χ1) is 9.15. The highest BCUT2D eigenvalue weighted by atomic mass is 127. The van der Waals surface area contributed by atoms with Gasteiger partial charge in [-0.25, -0.2) is 23.7 Å². The molecule has 0 amide bonds. The molecule has 0 bridgehead atoms. The van der Waals surface area contributed by atoms with Gasteiger partial charge in [-0.3, -0.25) is 0 Å². The van der Waals surface area contributed by atoms with E-state index in [0.29, 0.717) is 12.0 Å². The number of hydrogen-bond donors (Lipinski definition) is 2.